The minimum Gasteiger partial charge on any atom is -0.343 e. The molecule has 2 rings (SSSR count). The number of pyridine rings is 1. The largest absolute Gasteiger partial charge is 0.343 e. The normalized spacial score (nSPS) is 19.3. The van der Waals surface area contributed by atoms with Crippen LogP contribution in [-0.2, 0) is 11.3 Å². The minimum absolute atomic E-state index is 0.133. The summed E-state index contributed by atoms with van der Waals surface area (Å²) >= 11 is 0. The van der Waals surface area contributed by atoms with Gasteiger partial charge in [-0.3, -0.25) is 9.69 Å². The first kappa shape index (κ1) is 13.5. The highest BCUT2D eigenvalue weighted by molar-refractivity contribution is 5.86. The van der Waals surface area contributed by atoms with E-state index in [1.807, 2.05) is 33.0 Å². The summed E-state index contributed by atoms with van der Waals surface area (Å²) in [5.41, 5.74) is 0.913. The number of nitrogens with zero attached hydrogens (tertiary/aromatic N) is 4. The standard InChI is InChI=1S/C14H18N4O/c1-14(2)13(19)17(3)6-7-18(14)10-11-4-5-16-12(8-11)9-15/h4-5,8H,6-7,10H2,1-3H3. The van der Waals surface area contributed by atoms with Crippen molar-refractivity contribution >= 4 is 5.91 Å². The fraction of sp³-hybridized carbons (Fsp3) is 0.500. The van der Waals surface area contributed by atoms with Gasteiger partial charge in [-0.25, -0.2) is 4.98 Å². The molecule has 0 bridgehead atoms. The van der Waals surface area contributed by atoms with Crippen molar-refractivity contribution in [2.75, 3.05) is 20.1 Å². The molecule has 1 aromatic rings. The highest BCUT2D eigenvalue weighted by atomic mass is 16.2. The van der Waals surface area contributed by atoms with E-state index in [2.05, 4.69) is 9.88 Å². The third-order valence-corrected chi connectivity index (χ3v) is 3.68. The molecule has 0 unspecified atom stereocenters. The van der Waals surface area contributed by atoms with E-state index in [1.54, 1.807) is 17.2 Å². The zero-order chi connectivity index (χ0) is 14.0. The Balaban J connectivity index is 2.19. The summed E-state index contributed by atoms with van der Waals surface area (Å²) in [7, 11) is 1.83. The van der Waals surface area contributed by atoms with E-state index in [0.29, 0.717) is 12.2 Å². The predicted molar refractivity (Wildman–Crippen MR) is 71.1 cm³/mol. The Morgan fingerprint density at radius 1 is 1.47 bits per heavy atom. The maximum atomic E-state index is 12.2. The second-order valence-electron chi connectivity index (χ2n) is 5.37. The van der Waals surface area contributed by atoms with Crippen LogP contribution in [0.5, 0.6) is 0 Å². The van der Waals surface area contributed by atoms with E-state index < -0.39 is 5.54 Å². The fourth-order valence-corrected chi connectivity index (χ4v) is 2.38. The van der Waals surface area contributed by atoms with Gasteiger partial charge in [0.05, 0.1) is 5.54 Å². The number of rotatable bonds is 2. The van der Waals surface area contributed by atoms with E-state index in [0.717, 1.165) is 18.7 Å². The summed E-state index contributed by atoms with van der Waals surface area (Å²) in [5, 5.41) is 8.86. The molecule has 0 saturated carbocycles. The van der Waals surface area contributed by atoms with E-state index in [-0.39, 0.29) is 5.91 Å². The van der Waals surface area contributed by atoms with Gasteiger partial charge >= 0.3 is 0 Å². The van der Waals surface area contributed by atoms with Crippen molar-refractivity contribution in [3.63, 3.8) is 0 Å². The minimum atomic E-state index is -0.511. The quantitative estimate of drug-likeness (QED) is 0.794. The van der Waals surface area contributed by atoms with Crippen molar-refractivity contribution in [1.82, 2.24) is 14.8 Å². The molecule has 0 spiro atoms. The summed E-state index contributed by atoms with van der Waals surface area (Å²) in [4.78, 5) is 20.1. The molecule has 1 fully saturated rings. The van der Waals surface area contributed by atoms with Gasteiger partial charge in [0.15, 0.2) is 0 Å². The van der Waals surface area contributed by atoms with E-state index in [9.17, 15) is 4.79 Å². The summed E-state index contributed by atoms with van der Waals surface area (Å²) in [6.07, 6.45) is 1.64. The molecule has 19 heavy (non-hydrogen) atoms. The Morgan fingerprint density at radius 2 is 2.21 bits per heavy atom. The van der Waals surface area contributed by atoms with Crippen molar-refractivity contribution in [3.05, 3.63) is 29.6 Å². The van der Waals surface area contributed by atoms with Gasteiger partial charge in [0, 0.05) is 32.9 Å². The SMILES string of the molecule is CN1CCN(Cc2ccnc(C#N)c2)C(C)(C)C1=O. The average Bonchev–Trinajstić information content (AvgIpc) is 2.40. The van der Waals surface area contributed by atoms with Crippen LogP contribution in [0.15, 0.2) is 18.3 Å². The molecule has 0 N–H and O–H groups in total. The average molecular weight is 258 g/mol. The molecule has 0 aliphatic carbocycles. The van der Waals surface area contributed by atoms with Crippen molar-refractivity contribution < 1.29 is 4.79 Å². The summed E-state index contributed by atoms with van der Waals surface area (Å²) in [6.45, 7) is 6.11. The van der Waals surface area contributed by atoms with Crippen LogP contribution in [0.2, 0.25) is 0 Å². The van der Waals surface area contributed by atoms with Gasteiger partial charge < -0.3 is 4.90 Å². The van der Waals surface area contributed by atoms with Crippen LogP contribution in [0.4, 0.5) is 0 Å². The van der Waals surface area contributed by atoms with Crippen LogP contribution in [0.1, 0.15) is 25.1 Å². The highest BCUT2D eigenvalue weighted by Crippen LogP contribution is 2.23. The number of carbonyl (C=O) groups excluding carboxylic acids is 1. The van der Waals surface area contributed by atoms with Gasteiger partial charge in [-0.1, -0.05) is 0 Å². The van der Waals surface area contributed by atoms with E-state index >= 15 is 0 Å². The van der Waals surface area contributed by atoms with Crippen molar-refractivity contribution in [2.24, 2.45) is 0 Å². The lowest BCUT2D eigenvalue weighted by Gasteiger charge is -2.44. The van der Waals surface area contributed by atoms with Crippen molar-refractivity contribution in [2.45, 2.75) is 25.9 Å². The number of likely N-dealkylation sites (N-methyl/N-ethyl adjacent to an activating group) is 1. The number of piperazine rings is 1. The highest BCUT2D eigenvalue weighted by Gasteiger charge is 2.40. The lowest BCUT2D eigenvalue weighted by atomic mass is 9.97. The summed E-state index contributed by atoms with van der Waals surface area (Å²) < 4.78 is 0. The Bertz CT molecular complexity index is 532. The molecule has 1 amide bonds. The molecule has 0 atom stereocenters. The molecule has 1 aliphatic rings. The Kier molecular flexibility index (Phi) is 3.54. The first-order chi connectivity index (χ1) is 8.95. The van der Waals surface area contributed by atoms with Gasteiger partial charge in [-0.05, 0) is 31.5 Å². The molecule has 5 nitrogen and oxygen atoms in total. The van der Waals surface area contributed by atoms with Crippen LogP contribution in [0.25, 0.3) is 0 Å². The number of nitriles is 1. The summed E-state index contributed by atoms with van der Waals surface area (Å²) in [6, 6.07) is 5.70. The van der Waals surface area contributed by atoms with Crippen LogP contribution in [-0.4, -0.2) is 46.4 Å². The molecule has 5 heteroatoms. The first-order valence-corrected chi connectivity index (χ1v) is 6.31. The van der Waals surface area contributed by atoms with Crippen molar-refractivity contribution in [3.8, 4) is 6.07 Å². The predicted octanol–water partition coefficient (Wildman–Crippen LogP) is 1.01. The molecule has 0 aromatic carbocycles. The van der Waals surface area contributed by atoms with Crippen LogP contribution < -0.4 is 0 Å². The third-order valence-electron chi connectivity index (χ3n) is 3.68. The number of amides is 1. The number of hydrogen-bond acceptors (Lipinski definition) is 4. The van der Waals surface area contributed by atoms with E-state index in [1.165, 1.54) is 0 Å². The number of carbonyl (C=O) groups is 1. The second kappa shape index (κ2) is 4.98. The molecule has 100 valence electrons. The maximum Gasteiger partial charge on any atom is 0.242 e. The second-order valence-corrected chi connectivity index (χ2v) is 5.37. The van der Waals surface area contributed by atoms with Gasteiger partial charge in [0.2, 0.25) is 5.91 Å². The lowest BCUT2D eigenvalue weighted by Crippen LogP contribution is -2.61. The number of aromatic nitrogens is 1. The number of hydrogen-bond donors (Lipinski definition) is 0. The van der Waals surface area contributed by atoms with Crippen LogP contribution >= 0.6 is 0 Å². The van der Waals surface area contributed by atoms with E-state index in [4.69, 9.17) is 5.26 Å². The molecule has 2 heterocycles. The molecule has 0 radical (unpaired) electrons. The smallest absolute Gasteiger partial charge is 0.242 e. The fourth-order valence-electron chi connectivity index (χ4n) is 2.38. The summed E-state index contributed by atoms with van der Waals surface area (Å²) in [5.74, 6) is 0.133. The Hall–Kier alpha value is -1.93. The lowest BCUT2D eigenvalue weighted by molar-refractivity contribution is -0.147. The Morgan fingerprint density at radius 3 is 2.89 bits per heavy atom. The van der Waals surface area contributed by atoms with Crippen LogP contribution in [0.3, 0.4) is 0 Å². The van der Waals surface area contributed by atoms with Crippen LogP contribution in [0, 0.1) is 11.3 Å². The maximum absolute atomic E-state index is 12.2. The zero-order valence-corrected chi connectivity index (χ0v) is 11.6. The molecular weight excluding hydrogens is 240 g/mol. The molecule has 1 saturated heterocycles. The van der Waals surface area contributed by atoms with Gasteiger partial charge in [-0.15, -0.1) is 0 Å². The van der Waals surface area contributed by atoms with Gasteiger partial charge in [0.1, 0.15) is 11.8 Å². The monoisotopic (exact) mass is 258 g/mol. The topological polar surface area (TPSA) is 60.2 Å². The zero-order valence-electron chi connectivity index (χ0n) is 11.6. The van der Waals surface area contributed by atoms with Crippen molar-refractivity contribution in [1.29, 1.82) is 5.26 Å². The molecular formula is C14H18N4O. The van der Waals surface area contributed by atoms with Gasteiger partial charge in [-0.2, -0.15) is 5.26 Å². The van der Waals surface area contributed by atoms with Gasteiger partial charge in [0.25, 0.3) is 0 Å². The first-order valence-electron chi connectivity index (χ1n) is 6.31. The molecule has 1 aromatic heterocycles. The molecule has 1 aliphatic heterocycles. The third kappa shape index (κ3) is 2.59. The Labute approximate surface area is 113 Å².